The number of hydrogen-bond donors (Lipinski definition) is 3. The molecule has 0 radical (unpaired) electrons. The summed E-state index contributed by atoms with van der Waals surface area (Å²) in [4.78, 5) is 36.8. The summed E-state index contributed by atoms with van der Waals surface area (Å²) in [6.45, 7) is 1.80. The molecule has 0 saturated carbocycles. The Morgan fingerprint density at radius 1 is 1.36 bits per heavy atom. The zero-order valence-electron chi connectivity index (χ0n) is 13.2. The molecule has 3 N–H and O–H groups in total. The average Bonchev–Trinajstić information content (AvgIpc) is 2.56. The van der Waals surface area contributed by atoms with Gasteiger partial charge in [0.2, 0.25) is 5.91 Å². The number of thioether (sulfide) groups is 1. The maximum absolute atomic E-state index is 12.0. The number of carbonyl (C=O) groups is 2. The number of hydrogen-bond acceptors (Lipinski definition) is 6. The van der Waals surface area contributed by atoms with Gasteiger partial charge in [-0.3, -0.25) is 19.4 Å². The molecule has 10 heteroatoms. The van der Waals surface area contributed by atoms with E-state index in [0.29, 0.717) is 10.7 Å². The molecule has 132 valence electrons. The summed E-state index contributed by atoms with van der Waals surface area (Å²) < 4.78 is 0. The van der Waals surface area contributed by atoms with Gasteiger partial charge in [-0.15, -0.1) is 10.2 Å². The van der Waals surface area contributed by atoms with Crippen LogP contribution in [0.4, 0.5) is 5.69 Å². The highest BCUT2D eigenvalue weighted by Gasteiger charge is 2.11. The number of carbonyl (C=O) groups excluding carboxylic acids is 1. The molecule has 0 aliphatic heterocycles. The van der Waals surface area contributed by atoms with Crippen LogP contribution in [-0.2, 0) is 16.0 Å². The Labute approximate surface area is 152 Å². The fourth-order valence-corrected chi connectivity index (χ4v) is 2.64. The van der Waals surface area contributed by atoms with Crippen molar-refractivity contribution in [1.29, 1.82) is 0 Å². The Bertz CT molecular complexity index is 856. The molecule has 1 aromatic carbocycles. The summed E-state index contributed by atoms with van der Waals surface area (Å²) in [6.07, 6.45) is -0.206. The first-order valence-electron chi connectivity index (χ1n) is 7.22. The second-order valence-corrected chi connectivity index (χ2v) is 6.42. The van der Waals surface area contributed by atoms with E-state index >= 15 is 0 Å². The Morgan fingerprint density at radius 3 is 2.80 bits per heavy atom. The maximum atomic E-state index is 12.0. The number of carboxylic acid groups (broad SMARTS) is 1. The van der Waals surface area contributed by atoms with E-state index in [-0.39, 0.29) is 35.4 Å². The highest BCUT2D eigenvalue weighted by atomic mass is 35.5. The molecule has 0 atom stereocenters. The second kappa shape index (κ2) is 8.63. The lowest BCUT2D eigenvalue weighted by Gasteiger charge is -2.09. The number of halogens is 1. The van der Waals surface area contributed by atoms with Crippen LogP contribution in [0, 0.1) is 6.92 Å². The van der Waals surface area contributed by atoms with Crippen LogP contribution in [0.15, 0.2) is 28.2 Å². The van der Waals surface area contributed by atoms with Gasteiger partial charge in [0.05, 0.1) is 12.2 Å². The SMILES string of the molecule is Cc1c(Cl)cccc1NC(=O)CSc1nnc(CCC(=O)O)c(=O)[nH]1. The third-order valence-electron chi connectivity index (χ3n) is 3.20. The lowest BCUT2D eigenvalue weighted by molar-refractivity contribution is -0.137. The van der Waals surface area contributed by atoms with Crippen molar-refractivity contribution >= 4 is 40.9 Å². The lowest BCUT2D eigenvalue weighted by Crippen LogP contribution is -2.20. The van der Waals surface area contributed by atoms with Crippen LogP contribution in [0.2, 0.25) is 5.02 Å². The molecule has 2 rings (SSSR count). The average molecular weight is 383 g/mol. The molecular formula is C15H15ClN4O4S. The monoisotopic (exact) mass is 382 g/mol. The van der Waals surface area contributed by atoms with Gasteiger partial charge in [-0.05, 0) is 24.6 Å². The number of nitrogens with zero attached hydrogens (tertiary/aromatic N) is 2. The standard InChI is InChI=1S/C15H15ClN4O4S/c1-8-9(16)3-2-4-10(8)17-12(21)7-25-15-18-14(24)11(19-20-15)5-6-13(22)23/h2-4H,5-7H2,1H3,(H,17,21)(H,22,23)(H,18,20,24). The second-order valence-electron chi connectivity index (χ2n) is 5.05. The highest BCUT2D eigenvalue weighted by Crippen LogP contribution is 2.23. The number of anilines is 1. The Hall–Kier alpha value is -2.39. The van der Waals surface area contributed by atoms with Gasteiger partial charge in [-0.25, -0.2) is 0 Å². The van der Waals surface area contributed by atoms with Crippen molar-refractivity contribution in [3.63, 3.8) is 0 Å². The van der Waals surface area contributed by atoms with E-state index < -0.39 is 11.5 Å². The molecule has 1 heterocycles. The smallest absolute Gasteiger partial charge is 0.303 e. The first-order valence-corrected chi connectivity index (χ1v) is 8.58. The third-order valence-corrected chi connectivity index (χ3v) is 4.47. The summed E-state index contributed by atoms with van der Waals surface area (Å²) >= 11 is 7.01. The quantitative estimate of drug-likeness (QED) is 0.624. The first kappa shape index (κ1) is 18.9. The van der Waals surface area contributed by atoms with Crippen LogP contribution >= 0.6 is 23.4 Å². The largest absolute Gasteiger partial charge is 0.481 e. The van der Waals surface area contributed by atoms with E-state index in [2.05, 4.69) is 20.5 Å². The Kier molecular flexibility index (Phi) is 6.54. The summed E-state index contributed by atoms with van der Waals surface area (Å²) in [5, 5.41) is 19.6. The van der Waals surface area contributed by atoms with Crippen LogP contribution in [0.25, 0.3) is 0 Å². The minimum absolute atomic E-state index is 0.00283. The van der Waals surface area contributed by atoms with Gasteiger partial charge in [-0.2, -0.15) is 0 Å². The van der Waals surface area contributed by atoms with Gasteiger partial charge in [0.25, 0.3) is 5.56 Å². The molecule has 2 aromatic rings. The van der Waals surface area contributed by atoms with Crippen molar-refractivity contribution in [1.82, 2.24) is 15.2 Å². The van der Waals surface area contributed by atoms with Gasteiger partial charge < -0.3 is 10.4 Å². The molecule has 0 aliphatic rings. The molecule has 1 amide bonds. The number of aromatic amines is 1. The zero-order chi connectivity index (χ0) is 18.4. The molecular weight excluding hydrogens is 368 g/mol. The van der Waals surface area contributed by atoms with Crippen molar-refractivity contribution in [2.45, 2.75) is 24.9 Å². The summed E-state index contributed by atoms with van der Waals surface area (Å²) in [5.74, 6) is -1.29. The van der Waals surface area contributed by atoms with Crippen LogP contribution in [0.3, 0.4) is 0 Å². The Morgan fingerprint density at radius 2 is 2.12 bits per heavy atom. The van der Waals surface area contributed by atoms with E-state index in [4.69, 9.17) is 16.7 Å². The summed E-state index contributed by atoms with van der Waals surface area (Å²) in [5.41, 5.74) is 0.913. The minimum Gasteiger partial charge on any atom is -0.481 e. The predicted octanol–water partition coefficient (Wildman–Crippen LogP) is 1.87. The molecule has 0 fully saturated rings. The Balaban J connectivity index is 1.93. The molecule has 0 bridgehead atoms. The van der Waals surface area contributed by atoms with Crippen LogP contribution in [0.1, 0.15) is 17.7 Å². The fraction of sp³-hybridized carbons (Fsp3) is 0.267. The number of aryl methyl sites for hydroxylation is 1. The van der Waals surface area contributed by atoms with Crippen molar-refractivity contribution < 1.29 is 14.7 Å². The summed E-state index contributed by atoms with van der Waals surface area (Å²) in [6, 6.07) is 5.20. The predicted molar refractivity (Wildman–Crippen MR) is 94.2 cm³/mol. The number of aliphatic carboxylic acids is 1. The normalized spacial score (nSPS) is 10.5. The van der Waals surface area contributed by atoms with Crippen LogP contribution < -0.4 is 10.9 Å². The van der Waals surface area contributed by atoms with E-state index in [1.807, 2.05) is 0 Å². The van der Waals surface area contributed by atoms with Crippen LogP contribution in [0.5, 0.6) is 0 Å². The third kappa shape index (κ3) is 5.57. The molecule has 0 unspecified atom stereocenters. The van der Waals surface area contributed by atoms with Crippen molar-refractivity contribution in [2.24, 2.45) is 0 Å². The van der Waals surface area contributed by atoms with Gasteiger partial charge in [0.15, 0.2) is 5.16 Å². The van der Waals surface area contributed by atoms with Gasteiger partial charge in [-0.1, -0.05) is 29.4 Å². The number of carboxylic acids is 1. The van der Waals surface area contributed by atoms with Crippen molar-refractivity contribution in [3.8, 4) is 0 Å². The topological polar surface area (TPSA) is 125 Å². The molecule has 25 heavy (non-hydrogen) atoms. The number of aromatic nitrogens is 3. The lowest BCUT2D eigenvalue weighted by atomic mass is 10.2. The number of H-pyrrole nitrogens is 1. The highest BCUT2D eigenvalue weighted by molar-refractivity contribution is 7.99. The van der Waals surface area contributed by atoms with Crippen LogP contribution in [-0.4, -0.2) is 37.9 Å². The van der Waals surface area contributed by atoms with Gasteiger partial charge in [0.1, 0.15) is 5.69 Å². The number of amides is 1. The van der Waals surface area contributed by atoms with Crippen molar-refractivity contribution in [3.05, 3.63) is 44.8 Å². The molecule has 0 saturated heterocycles. The molecule has 8 nitrogen and oxygen atoms in total. The fourth-order valence-electron chi connectivity index (χ4n) is 1.86. The number of benzene rings is 1. The minimum atomic E-state index is -1.02. The summed E-state index contributed by atoms with van der Waals surface area (Å²) in [7, 11) is 0. The van der Waals surface area contributed by atoms with E-state index in [9.17, 15) is 14.4 Å². The van der Waals surface area contributed by atoms with E-state index in [1.54, 1.807) is 25.1 Å². The van der Waals surface area contributed by atoms with Gasteiger partial charge in [0, 0.05) is 17.1 Å². The van der Waals surface area contributed by atoms with E-state index in [0.717, 1.165) is 17.3 Å². The van der Waals surface area contributed by atoms with Gasteiger partial charge >= 0.3 is 5.97 Å². The number of rotatable bonds is 7. The molecule has 0 aliphatic carbocycles. The zero-order valence-corrected chi connectivity index (χ0v) is 14.8. The molecule has 1 aromatic heterocycles. The maximum Gasteiger partial charge on any atom is 0.303 e. The van der Waals surface area contributed by atoms with Crippen molar-refractivity contribution in [2.75, 3.05) is 11.1 Å². The molecule has 0 spiro atoms. The first-order chi connectivity index (χ1) is 11.9. The number of nitrogens with one attached hydrogen (secondary N) is 2. The van der Waals surface area contributed by atoms with E-state index in [1.165, 1.54) is 0 Å².